The second-order valence-corrected chi connectivity index (χ2v) is 7.05. The molecule has 1 aromatic carbocycles. The summed E-state index contributed by atoms with van der Waals surface area (Å²) in [6.07, 6.45) is 1.02. The average molecular weight is 313 g/mol. The molecule has 0 amide bonds. The first-order valence-electron chi connectivity index (χ1n) is 7.11. The van der Waals surface area contributed by atoms with E-state index in [1.165, 1.54) is 13.2 Å². The van der Waals surface area contributed by atoms with Crippen molar-refractivity contribution in [2.75, 3.05) is 39.0 Å². The summed E-state index contributed by atoms with van der Waals surface area (Å²) in [5.74, 6) is 0.657. The van der Waals surface area contributed by atoms with Crippen LogP contribution in [-0.4, -0.2) is 46.6 Å². The number of nitrogens with two attached hydrogens (primary N) is 1. The molecular weight excluding hydrogens is 290 g/mol. The summed E-state index contributed by atoms with van der Waals surface area (Å²) in [5, 5.41) is 0. The highest BCUT2D eigenvalue weighted by molar-refractivity contribution is 7.89. The minimum absolute atomic E-state index is 0.0929. The number of nitrogens with one attached hydrogen (secondary N) is 1. The summed E-state index contributed by atoms with van der Waals surface area (Å²) in [6, 6.07) is 4.61. The first-order valence-corrected chi connectivity index (χ1v) is 8.60. The van der Waals surface area contributed by atoms with E-state index < -0.39 is 10.0 Å². The third kappa shape index (κ3) is 3.87. The number of methoxy groups -OCH3 is 1. The fourth-order valence-corrected chi connectivity index (χ4v) is 3.89. The van der Waals surface area contributed by atoms with Crippen LogP contribution in [0.1, 0.15) is 13.3 Å². The average Bonchev–Trinajstić information content (AvgIpc) is 2.93. The Hall–Kier alpha value is -1.31. The SMILES string of the molecule is CCN1CCC(CNS(=O)(=O)c2cc(N)ccc2OC)C1. The molecule has 0 aliphatic carbocycles. The lowest BCUT2D eigenvalue weighted by Gasteiger charge is -2.15. The molecule has 1 aromatic rings. The Morgan fingerprint density at radius 3 is 2.86 bits per heavy atom. The van der Waals surface area contributed by atoms with Crippen molar-refractivity contribution in [3.05, 3.63) is 18.2 Å². The summed E-state index contributed by atoms with van der Waals surface area (Å²) >= 11 is 0. The van der Waals surface area contributed by atoms with Gasteiger partial charge in [0.05, 0.1) is 7.11 Å². The Bertz CT molecular complexity index is 589. The van der Waals surface area contributed by atoms with Crippen LogP contribution in [0.3, 0.4) is 0 Å². The molecule has 7 heteroatoms. The standard InChI is InChI=1S/C14H23N3O3S/c1-3-17-7-6-11(10-17)9-16-21(18,19)14-8-12(15)4-5-13(14)20-2/h4-5,8,11,16H,3,6-7,9-10,15H2,1-2H3. The summed E-state index contributed by atoms with van der Waals surface area (Å²) < 4.78 is 32.6. The molecule has 0 saturated carbocycles. The number of hydrogen-bond acceptors (Lipinski definition) is 5. The molecule has 0 bridgehead atoms. The van der Waals surface area contributed by atoms with Crippen molar-refractivity contribution < 1.29 is 13.2 Å². The van der Waals surface area contributed by atoms with Crippen molar-refractivity contribution in [1.82, 2.24) is 9.62 Å². The van der Waals surface area contributed by atoms with Gasteiger partial charge in [-0.1, -0.05) is 6.92 Å². The number of benzene rings is 1. The molecule has 1 atom stereocenters. The zero-order valence-corrected chi connectivity index (χ0v) is 13.3. The maximum Gasteiger partial charge on any atom is 0.244 e. The molecular formula is C14H23N3O3S. The Morgan fingerprint density at radius 1 is 1.48 bits per heavy atom. The van der Waals surface area contributed by atoms with Crippen LogP contribution in [0.15, 0.2) is 23.1 Å². The minimum Gasteiger partial charge on any atom is -0.495 e. The molecule has 1 aliphatic heterocycles. The smallest absolute Gasteiger partial charge is 0.244 e. The number of likely N-dealkylation sites (tertiary alicyclic amines) is 1. The summed E-state index contributed by atoms with van der Waals surface area (Å²) in [7, 11) is -2.17. The highest BCUT2D eigenvalue weighted by Gasteiger charge is 2.25. The van der Waals surface area contributed by atoms with E-state index in [1.54, 1.807) is 12.1 Å². The number of anilines is 1. The van der Waals surface area contributed by atoms with E-state index in [0.717, 1.165) is 26.1 Å². The summed E-state index contributed by atoms with van der Waals surface area (Å²) in [4.78, 5) is 2.41. The lowest BCUT2D eigenvalue weighted by Crippen LogP contribution is -2.31. The monoisotopic (exact) mass is 313 g/mol. The van der Waals surface area contributed by atoms with Gasteiger partial charge in [0.2, 0.25) is 10.0 Å². The van der Waals surface area contributed by atoms with Crippen LogP contribution in [0, 0.1) is 5.92 Å². The molecule has 6 nitrogen and oxygen atoms in total. The quantitative estimate of drug-likeness (QED) is 0.762. The van der Waals surface area contributed by atoms with Crippen LogP contribution >= 0.6 is 0 Å². The molecule has 0 aromatic heterocycles. The number of rotatable bonds is 6. The molecule has 1 unspecified atom stereocenters. The zero-order valence-electron chi connectivity index (χ0n) is 12.5. The van der Waals surface area contributed by atoms with E-state index in [1.807, 2.05) is 0 Å². The van der Waals surface area contributed by atoms with Gasteiger partial charge in [0, 0.05) is 18.8 Å². The fraction of sp³-hybridized carbons (Fsp3) is 0.571. The first kappa shape index (κ1) is 16.1. The Kier molecular flexibility index (Phi) is 5.08. The van der Waals surface area contributed by atoms with E-state index >= 15 is 0 Å². The van der Waals surface area contributed by atoms with E-state index in [0.29, 0.717) is 23.9 Å². The van der Waals surface area contributed by atoms with E-state index in [-0.39, 0.29) is 4.90 Å². The number of hydrogen-bond donors (Lipinski definition) is 2. The van der Waals surface area contributed by atoms with Crippen molar-refractivity contribution in [3.63, 3.8) is 0 Å². The molecule has 1 saturated heterocycles. The third-order valence-electron chi connectivity index (χ3n) is 3.86. The third-order valence-corrected chi connectivity index (χ3v) is 5.30. The van der Waals surface area contributed by atoms with E-state index in [4.69, 9.17) is 10.5 Å². The van der Waals surface area contributed by atoms with Crippen LogP contribution in [0.4, 0.5) is 5.69 Å². The highest BCUT2D eigenvalue weighted by atomic mass is 32.2. The van der Waals surface area contributed by atoms with Gasteiger partial charge in [-0.25, -0.2) is 13.1 Å². The predicted octanol–water partition coefficient (Wildman–Crippen LogP) is 0.898. The van der Waals surface area contributed by atoms with Crippen molar-refractivity contribution >= 4 is 15.7 Å². The number of sulfonamides is 1. The number of nitrogen functional groups attached to an aromatic ring is 1. The summed E-state index contributed by atoms with van der Waals surface area (Å²) in [5.41, 5.74) is 6.08. The van der Waals surface area contributed by atoms with Gasteiger partial charge in [0.1, 0.15) is 10.6 Å². The van der Waals surface area contributed by atoms with E-state index in [2.05, 4.69) is 16.5 Å². The zero-order chi connectivity index (χ0) is 15.5. The molecule has 1 heterocycles. The number of nitrogens with zero attached hydrogens (tertiary/aromatic N) is 1. The van der Waals surface area contributed by atoms with Gasteiger partial charge in [-0.15, -0.1) is 0 Å². The Balaban J connectivity index is 2.07. The molecule has 3 N–H and O–H groups in total. The molecule has 1 aliphatic rings. The molecule has 118 valence electrons. The van der Waals surface area contributed by atoms with Gasteiger partial charge in [0.25, 0.3) is 0 Å². The number of ether oxygens (including phenoxy) is 1. The van der Waals surface area contributed by atoms with Crippen LogP contribution in [0.2, 0.25) is 0 Å². The van der Waals surface area contributed by atoms with Crippen LogP contribution in [0.5, 0.6) is 5.75 Å². The fourth-order valence-electron chi connectivity index (χ4n) is 2.58. The topological polar surface area (TPSA) is 84.7 Å². The van der Waals surface area contributed by atoms with Crippen molar-refractivity contribution in [2.45, 2.75) is 18.2 Å². The lowest BCUT2D eigenvalue weighted by molar-refractivity contribution is 0.342. The molecule has 0 spiro atoms. The second kappa shape index (κ2) is 6.64. The van der Waals surface area contributed by atoms with Crippen molar-refractivity contribution in [2.24, 2.45) is 5.92 Å². The van der Waals surface area contributed by atoms with Crippen LogP contribution in [-0.2, 0) is 10.0 Å². The largest absolute Gasteiger partial charge is 0.495 e. The molecule has 2 rings (SSSR count). The van der Waals surface area contributed by atoms with Crippen molar-refractivity contribution in [3.8, 4) is 5.75 Å². The van der Waals surface area contributed by atoms with Gasteiger partial charge in [-0.05, 0) is 43.6 Å². The molecule has 0 radical (unpaired) electrons. The maximum atomic E-state index is 12.4. The minimum atomic E-state index is -3.61. The lowest BCUT2D eigenvalue weighted by atomic mass is 10.1. The van der Waals surface area contributed by atoms with E-state index in [9.17, 15) is 8.42 Å². The van der Waals surface area contributed by atoms with Crippen LogP contribution < -0.4 is 15.2 Å². The predicted molar refractivity (Wildman–Crippen MR) is 82.8 cm³/mol. The first-order chi connectivity index (χ1) is 9.96. The van der Waals surface area contributed by atoms with Gasteiger partial charge < -0.3 is 15.4 Å². The normalized spacial score (nSPS) is 19.8. The van der Waals surface area contributed by atoms with Gasteiger partial charge in [0.15, 0.2) is 0 Å². The molecule has 21 heavy (non-hydrogen) atoms. The molecule has 1 fully saturated rings. The Morgan fingerprint density at radius 2 is 2.24 bits per heavy atom. The second-order valence-electron chi connectivity index (χ2n) is 5.31. The van der Waals surface area contributed by atoms with Crippen LogP contribution in [0.25, 0.3) is 0 Å². The maximum absolute atomic E-state index is 12.4. The van der Waals surface area contributed by atoms with Gasteiger partial charge in [-0.2, -0.15) is 0 Å². The van der Waals surface area contributed by atoms with Crippen molar-refractivity contribution in [1.29, 1.82) is 0 Å². The van der Waals surface area contributed by atoms with Gasteiger partial charge >= 0.3 is 0 Å². The summed E-state index contributed by atoms with van der Waals surface area (Å²) in [6.45, 7) is 5.53. The van der Waals surface area contributed by atoms with Gasteiger partial charge in [-0.3, -0.25) is 0 Å². The highest BCUT2D eigenvalue weighted by Crippen LogP contribution is 2.26. The Labute approximate surface area is 126 Å².